The zero-order valence-electron chi connectivity index (χ0n) is 19.0. The van der Waals surface area contributed by atoms with Gasteiger partial charge in [0.1, 0.15) is 11.6 Å². The Morgan fingerprint density at radius 3 is 2.56 bits per heavy atom. The van der Waals surface area contributed by atoms with Crippen molar-refractivity contribution in [3.63, 3.8) is 0 Å². The van der Waals surface area contributed by atoms with E-state index in [1.807, 2.05) is 24.5 Å². The molecule has 0 radical (unpaired) electrons. The van der Waals surface area contributed by atoms with Crippen molar-refractivity contribution in [1.29, 1.82) is 0 Å². The zero-order valence-corrected chi connectivity index (χ0v) is 19.0. The van der Waals surface area contributed by atoms with Gasteiger partial charge in [0.2, 0.25) is 0 Å². The van der Waals surface area contributed by atoms with Crippen molar-refractivity contribution in [2.75, 3.05) is 12.4 Å². The fourth-order valence-corrected chi connectivity index (χ4v) is 4.65. The third-order valence-electron chi connectivity index (χ3n) is 6.35. The summed E-state index contributed by atoms with van der Waals surface area (Å²) in [6, 6.07) is 15.7. The van der Waals surface area contributed by atoms with Crippen molar-refractivity contribution in [3.8, 4) is 28.3 Å². The summed E-state index contributed by atoms with van der Waals surface area (Å²) in [5, 5.41) is 2.89. The van der Waals surface area contributed by atoms with Crippen LogP contribution in [0.25, 0.3) is 22.5 Å². The highest BCUT2D eigenvalue weighted by Gasteiger charge is 2.23. The summed E-state index contributed by atoms with van der Waals surface area (Å²) in [6.45, 7) is 0. The molecule has 0 aliphatic heterocycles. The first-order chi connectivity index (χ1) is 16.6. The third kappa shape index (κ3) is 4.33. The van der Waals surface area contributed by atoms with E-state index in [2.05, 4.69) is 9.88 Å². The molecule has 1 aliphatic carbocycles. The molecule has 1 fully saturated rings. The number of furan rings is 1. The molecule has 0 spiro atoms. The molecule has 1 N–H and O–H groups in total. The molecule has 0 saturated heterocycles. The molecule has 7 heteroatoms. The van der Waals surface area contributed by atoms with E-state index < -0.39 is 0 Å². The van der Waals surface area contributed by atoms with E-state index in [-0.39, 0.29) is 17.5 Å². The first-order valence-corrected chi connectivity index (χ1v) is 11.5. The molecule has 2 aromatic heterocycles. The predicted octanol–water partition coefficient (Wildman–Crippen LogP) is 6.72. The molecular formula is C27H26FN3O3. The van der Waals surface area contributed by atoms with Crippen LogP contribution in [0.4, 0.5) is 10.1 Å². The number of hydrogen-bond donors (Lipinski definition) is 1. The normalized spacial score (nSPS) is 14.2. The highest BCUT2D eigenvalue weighted by Crippen LogP contribution is 2.40. The van der Waals surface area contributed by atoms with Crippen LogP contribution in [0.1, 0.15) is 48.7 Å². The van der Waals surface area contributed by atoms with Crippen molar-refractivity contribution in [2.24, 2.45) is 0 Å². The number of nitrogens with one attached hydrogen (secondary N) is 1. The number of anilines is 1. The van der Waals surface area contributed by atoms with Crippen LogP contribution in [0.15, 0.2) is 71.6 Å². The molecule has 4 aromatic rings. The second-order valence-corrected chi connectivity index (χ2v) is 8.49. The van der Waals surface area contributed by atoms with Gasteiger partial charge in [0, 0.05) is 17.2 Å². The number of methoxy groups -OCH3 is 1. The maximum absolute atomic E-state index is 13.6. The van der Waals surface area contributed by atoms with E-state index in [9.17, 15) is 9.18 Å². The van der Waals surface area contributed by atoms with Crippen LogP contribution in [0.3, 0.4) is 0 Å². The monoisotopic (exact) mass is 459 g/mol. The number of benzene rings is 2. The minimum atomic E-state index is -0.361. The number of ether oxygens (including phenoxy) is 1. The largest absolute Gasteiger partial charge is 0.495 e. The minimum absolute atomic E-state index is 0.215. The van der Waals surface area contributed by atoms with Gasteiger partial charge in [0.15, 0.2) is 5.76 Å². The van der Waals surface area contributed by atoms with E-state index in [4.69, 9.17) is 14.1 Å². The smallest absolute Gasteiger partial charge is 0.291 e. The molecular weight excluding hydrogens is 433 g/mol. The van der Waals surface area contributed by atoms with Crippen LogP contribution in [0.5, 0.6) is 5.75 Å². The number of imidazole rings is 1. The second-order valence-electron chi connectivity index (χ2n) is 8.49. The van der Waals surface area contributed by atoms with Gasteiger partial charge in [-0.25, -0.2) is 9.37 Å². The lowest BCUT2D eigenvalue weighted by Crippen LogP contribution is -2.14. The number of halogens is 1. The number of carbonyl (C=O) groups is 1. The first-order valence-electron chi connectivity index (χ1n) is 11.5. The van der Waals surface area contributed by atoms with Gasteiger partial charge in [-0.2, -0.15) is 0 Å². The summed E-state index contributed by atoms with van der Waals surface area (Å²) < 4.78 is 26.6. The van der Waals surface area contributed by atoms with Gasteiger partial charge in [-0.3, -0.25) is 4.79 Å². The van der Waals surface area contributed by atoms with Crippen LogP contribution in [0.2, 0.25) is 0 Å². The first kappa shape index (κ1) is 21.9. The van der Waals surface area contributed by atoms with E-state index in [0.717, 1.165) is 35.4 Å². The van der Waals surface area contributed by atoms with Gasteiger partial charge in [0.05, 0.1) is 36.8 Å². The molecule has 2 heterocycles. The highest BCUT2D eigenvalue weighted by atomic mass is 19.1. The van der Waals surface area contributed by atoms with Crippen molar-refractivity contribution in [2.45, 2.75) is 38.1 Å². The molecule has 6 nitrogen and oxygen atoms in total. The number of aromatic nitrogens is 2. The van der Waals surface area contributed by atoms with Gasteiger partial charge in [-0.15, -0.1) is 0 Å². The van der Waals surface area contributed by atoms with E-state index in [1.165, 1.54) is 37.7 Å². The number of rotatable bonds is 6. The lowest BCUT2D eigenvalue weighted by atomic mass is 9.94. The minimum Gasteiger partial charge on any atom is -0.495 e. The average molecular weight is 460 g/mol. The molecule has 34 heavy (non-hydrogen) atoms. The molecule has 0 unspecified atom stereocenters. The van der Waals surface area contributed by atoms with Crippen molar-refractivity contribution < 1.29 is 18.3 Å². The molecule has 0 bridgehead atoms. The molecule has 1 amide bonds. The van der Waals surface area contributed by atoms with Crippen LogP contribution in [0, 0.1) is 5.82 Å². The van der Waals surface area contributed by atoms with Gasteiger partial charge < -0.3 is 19.0 Å². The van der Waals surface area contributed by atoms with Gasteiger partial charge in [-0.05, 0) is 67.4 Å². The van der Waals surface area contributed by atoms with Gasteiger partial charge >= 0.3 is 0 Å². The van der Waals surface area contributed by atoms with Gasteiger partial charge in [-0.1, -0.05) is 19.3 Å². The summed E-state index contributed by atoms with van der Waals surface area (Å²) in [4.78, 5) is 17.4. The number of carbonyl (C=O) groups excluding carboxylic acids is 1. The number of nitrogens with zero attached hydrogens (tertiary/aromatic N) is 2. The summed E-state index contributed by atoms with van der Waals surface area (Å²) in [5.74, 6) is 0.104. The van der Waals surface area contributed by atoms with Crippen LogP contribution < -0.4 is 10.1 Å². The Morgan fingerprint density at radius 1 is 1.09 bits per heavy atom. The molecule has 1 aliphatic rings. The molecule has 5 rings (SSSR count). The Balaban J connectivity index is 1.60. The zero-order chi connectivity index (χ0) is 23.5. The number of amides is 1. The Hall–Kier alpha value is -3.87. The Morgan fingerprint density at radius 2 is 1.85 bits per heavy atom. The standard InChI is InChI=1S/C27H26FN3O3/c1-33-23-14-11-19(16-22(23)30-27(32)24-8-5-15-34-24)26-25(18-9-12-20(28)13-10-18)29-17-31(26)21-6-3-2-4-7-21/h5,8-17,21H,2-4,6-7H2,1H3,(H,30,32). The quantitative estimate of drug-likeness (QED) is 0.348. The number of hydrogen-bond acceptors (Lipinski definition) is 4. The molecule has 1 saturated carbocycles. The summed E-state index contributed by atoms with van der Waals surface area (Å²) in [6.07, 6.45) is 9.13. The van der Waals surface area contributed by atoms with Gasteiger partial charge in [0.25, 0.3) is 5.91 Å². The summed E-state index contributed by atoms with van der Waals surface area (Å²) in [5.41, 5.74) is 3.97. The van der Waals surface area contributed by atoms with Crippen LogP contribution in [-0.4, -0.2) is 22.6 Å². The second kappa shape index (κ2) is 9.55. The average Bonchev–Trinajstić information content (AvgIpc) is 3.56. The Kier molecular flexibility index (Phi) is 6.16. The highest BCUT2D eigenvalue weighted by molar-refractivity contribution is 6.03. The van der Waals surface area contributed by atoms with Crippen molar-refractivity contribution >= 4 is 11.6 Å². The van der Waals surface area contributed by atoms with Crippen molar-refractivity contribution in [1.82, 2.24) is 9.55 Å². The topological polar surface area (TPSA) is 69.3 Å². The van der Waals surface area contributed by atoms with E-state index >= 15 is 0 Å². The lowest BCUT2D eigenvalue weighted by Gasteiger charge is -2.25. The molecule has 2 aromatic carbocycles. The summed E-state index contributed by atoms with van der Waals surface area (Å²) in [7, 11) is 1.56. The maximum atomic E-state index is 13.6. The Bertz CT molecular complexity index is 1270. The fourth-order valence-electron chi connectivity index (χ4n) is 4.65. The van der Waals surface area contributed by atoms with Crippen LogP contribution in [-0.2, 0) is 0 Å². The third-order valence-corrected chi connectivity index (χ3v) is 6.35. The SMILES string of the molecule is COc1ccc(-c2c(-c3ccc(F)cc3)ncn2C2CCCCC2)cc1NC(=O)c1ccco1. The van der Waals surface area contributed by atoms with E-state index in [0.29, 0.717) is 17.5 Å². The lowest BCUT2D eigenvalue weighted by molar-refractivity contribution is 0.0996. The molecule has 174 valence electrons. The van der Waals surface area contributed by atoms with Crippen LogP contribution >= 0.6 is 0 Å². The predicted molar refractivity (Wildman–Crippen MR) is 128 cm³/mol. The molecule has 0 atom stereocenters. The fraction of sp³-hybridized carbons (Fsp3) is 0.259. The van der Waals surface area contributed by atoms with E-state index in [1.54, 1.807) is 31.4 Å². The summed E-state index contributed by atoms with van der Waals surface area (Å²) >= 11 is 0. The van der Waals surface area contributed by atoms with Crippen molar-refractivity contribution in [3.05, 3.63) is 78.8 Å². The maximum Gasteiger partial charge on any atom is 0.291 e. The Labute approximate surface area is 197 Å².